The summed E-state index contributed by atoms with van der Waals surface area (Å²) < 4.78 is 0. The molecule has 0 unspecified atom stereocenters. The highest BCUT2D eigenvalue weighted by atomic mass is 35.5. The molecule has 148 valence electrons. The van der Waals surface area contributed by atoms with Crippen LogP contribution in [0.1, 0.15) is 60.0 Å². The average Bonchev–Trinajstić information content (AvgIpc) is 3.03. The van der Waals surface area contributed by atoms with Crippen LogP contribution in [0, 0.1) is 11.8 Å². The van der Waals surface area contributed by atoms with E-state index in [2.05, 4.69) is 17.4 Å². The van der Waals surface area contributed by atoms with Gasteiger partial charge >= 0.3 is 0 Å². The molecule has 0 radical (unpaired) electrons. The lowest BCUT2D eigenvalue weighted by Gasteiger charge is -2.21. The molecule has 2 saturated heterocycles. The van der Waals surface area contributed by atoms with Crippen molar-refractivity contribution in [2.45, 2.75) is 51.4 Å². The minimum atomic E-state index is 0. The first kappa shape index (κ1) is 20.3. The molecule has 0 bridgehead atoms. The van der Waals surface area contributed by atoms with Crippen molar-refractivity contribution in [1.82, 2.24) is 10.2 Å². The van der Waals surface area contributed by atoms with Gasteiger partial charge in [0.2, 0.25) is 5.91 Å². The standard InChI is InChI=1S/C22H30N2O2.ClH/c25-21(18-6-5-16-3-1-2-4-17(16)13-18)7-8-22(26)24-11-9-19-14-23-15-20(19)10-12-24;/h5-6,13,19-20,23H,1-4,7-12,14-15H2;1H/t19-,20+;. The van der Waals surface area contributed by atoms with E-state index in [-0.39, 0.29) is 24.1 Å². The van der Waals surface area contributed by atoms with Crippen LogP contribution in [0.3, 0.4) is 0 Å². The Morgan fingerprint density at radius 3 is 2.33 bits per heavy atom. The molecule has 4 rings (SSSR count). The summed E-state index contributed by atoms with van der Waals surface area (Å²) in [6.07, 6.45) is 7.57. The number of halogens is 1. The average molecular weight is 391 g/mol. The molecular weight excluding hydrogens is 360 g/mol. The maximum absolute atomic E-state index is 12.6. The van der Waals surface area contributed by atoms with Gasteiger partial charge < -0.3 is 10.2 Å². The number of nitrogens with zero attached hydrogens (tertiary/aromatic N) is 1. The molecule has 1 aliphatic carbocycles. The lowest BCUT2D eigenvalue weighted by molar-refractivity contribution is -0.131. The summed E-state index contributed by atoms with van der Waals surface area (Å²) >= 11 is 0. The van der Waals surface area contributed by atoms with Crippen LogP contribution in [0.15, 0.2) is 18.2 Å². The normalized spacial score (nSPS) is 24.4. The summed E-state index contributed by atoms with van der Waals surface area (Å²) in [5.74, 6) is 1.72. The van der Waals surface area contributed by atoms with Crippen LogP contribution in [-0.2, 0) is 17.6 Å². The van der Waals surface area contributed by atoms with Crippen molar-refractivity contribution in [2.75, 3.05) is 26.2 Å². The Morgan fingerprint density at radius 1 is 0.963 bits per heavy atom. The summed E-state index contributed by atoms with van der Waals surface area (Å²) in [6.45, 7) is 3.91. The number of rotatable bonds is 4. The summed E-state index contributed by atoms with van der Waals surface area (Å²) in [5, 5.41) is 3.47. The van der Waals surface area contributed by atoms with Crippen LogP contribution >= 0.6 is 12.4 Å². The van der Waals surface area contributed by atoms with Crippen molar-refractivity contribution in [3.63, 3.8) is 0 Å². The Morgan fingerprint density at radius 2 is 1.63 bits per heavy atom. The fraction of sp³-hybridized carbons (Fsp3) is 0.636. The third-order valence-electron chi connectivity index (χ3n) is 6.61. The third kappa shape index (κ3) is 4.72. The van der Waals surface area contributed by atoms with Gasteiger partial charge in [-0.05, 0) is 80.6 Å². The number of hydrogen-bond donors (Lipinski definition) is 1. The first-order chi connectivity index (χ1) is 12.7. The van der Waals surface area contributed by atoms with Gasteiger partial charge in [0.05, 0.1) is 0 Å². The molecule has 0 saturated carbocycles. The predicted octanol–water partition coefficient (Wildman–Crippen LogP) is 3.41. The smallest absolute Gasteiger partial charge is 0.223 e. The highest BCUT2D eigenvalue weighted by Crippen LogP contribution is 2.27. The Balaban J connectivity index is 0.00000210. The van der Waals surface area contributed by atoms with E-state index >= 15 is 0 Å². The molecule has 1 amide bonds. The fourth-order valence-electron chi connectivity index (χ4n) is 4.90. The van der Waals surface area contributed by atoms with Crippen molar-refractivity contribution in [3.8, 4) is 0 Å². The molecule has 4 nitrogen and oxygen atoms in total. The Hall–Kier alpha value is -1.39. The van der Waals surface area contributed by atoms with E-state index in [9.17, 15) is 9.59 Å². The van der Waals surface area contributed by atoms with E-state index in [0.29, 0.717) is 12.8 Å². The number of likely N-dealkylation sites (tertiary alicyclic amines) is 1. The van der Waals surface area contributed by atoms with E-state index < -0.39 is 0 Å². The number of Topliss-reactive ketones (excluding diaryl/α,β-unsaturated/α-hetero) is 1. The van der Waals surface area contributed by atoms with Crippen LogP contribution in [0.2, 0.25) is 0 Å². The van der Waals surface area contributed by atoms with E-state index in [1.54, 1.807) is 0 Å². The summed E-state index contributed by atoms with van der Waals surface area (Å²) in [5.41, 5.74) is 3.52. The second-order valence-electron chi connectivity index (χ2n) is 8.25. The molecule has 2 heterocycles. The Kier molecular flexibility index (Phi) is 6.93. The molecule has 2 atom stereocenters. The molecule has 2 fully saturated rings. The molecule has 2 aliphatic heterocycles. The second kappa shape index (κ2) is 9.20. The Labute approximate surface area is 168 Å². The number of amides is 1. The number of carbonyl (C=O) groups excluding carboxylic acids is 2. The number of carbonyl (C=O) groups is 2. The summed E-state index contributed by atoms with van der Waals surface area (Å²) in [6, 6.07) is 6.14. The number of fused-ring (bicyclic) bond motifs is 2. The second-order valence-corrected chi connectivity index (χ2v) is 8.25. The van der Waals surface area contributed by atoms with Gasteiger partial charge in [0, 0.05) is 31.5 Å². The Bertz CT molecular complexity index is 677. The molecular formula is C22H31ClN2O2. The lowest BCUT2D eigenvalue weighted by atomic mass is 9.89. The monoisotopic (exact) mass is 390 g/mol. The van der Waals surface area contributed by atoms with Gasteiger partial charge in [0.25, 0.3) is 0 Å². The van der Waals surface area contributed by atoms with Gasteiger partial charge in [0.1, 0.15) is 0 Å². The summed E-state index contributed by atoms with van der Waals surface area (Å²) in [7, 11) is 0. The molecule has 0 aromatic heterocycles. The quantitative estimate of drug-likeness (QED) is 0.801. The third-order valence-corrected chi connectivity index (χ3v) is 6.61. The van der Waals surface area contributed by atoms with Gasteiger partial charge in [-0.15, -0.1) is 12.4 Å². The predicted molar refractivity (Wildman–Crippen MR) is 110 cm³/mol. The van der Waals surface area contributed by atoms with Crippen LogP contribution < -0.4 is 5.32 Å². The molecule has 0 spiro atoms. The van der Waals surface area contributed by atoms with Gasteiger partial charge in [-0.1, -0.05) is 12.1 Å². The maximum Gasteiger partial charge on any atom is 0.223 e. The number of nitrogens with one attached hydrogen (secondary N) is 1. The molecule has 1 N–H and O–H groups in total. The molecule has 1 aromatic rings. The first-order valence-corrected chi connectivity index (χ1v) is 10.3. The maximum atomic E-state index is 12.6. The number of ketones is 1. The summed E-state index contributed by atoms with van der Waals surface area (Å²) in [4.78, 5) is 27.2. The SMILES string of the molecule is Cl.O=C(CCC(=O)N1CC[C@@H]2CNC[C@@H]2CC1)c1ccc2c(c1)CCCC2. The number of hydrogen-bond acceptors (Lipinski definition) is 3. The molecule has 5 heteroatoms. The van der Waals surface area contributed by atoms with E-state index in [1.165, 1.54) is 24.0 Å². The highest BCUT2D eigenvalue weighted by molar-refractivity contribution is 5.98. The van der Waals surface area contributed by atoms with Crippen LogP contribution in [0.4, 0.5) is 0 Å². The van der Waals surface area contributed by atoms with Crippen molar-refractivity contribution in [1.29, 1.82) is 0 Å². The number of aryl methyl sites for hydroxylation is 2. The van der Waals surface area contributed by atoms with Crippen molar-refractivity contribution < 1.29 is 9.59 Å². The van der Waals surface area contributed by atoms with Crippen molar-refractivity contribution >= 4 is 24.1 Å². The van der Waals surface area contributed by atoms with Gasteiger partial charge in [-0.3, -0.25) is 9.59 Å². The lowest BCUT2D eigenvalue weighted by Crippen LogP contribution is -2.33. The minimum absolute atomic E-state index is 0. The van der Waals surface area contributed by atoms with Gasteiger partial charge in [-0.2, -0.15) is 0 Å². The van der Waals surface area contributed by atoms with Crippen LogP contribution in [0.25, 0.3) is 0 Å². The zero-order valence-corrected chi connectivity index (χ0v) is 16.9. The molecule has 1 aromatic carbocycles. The number of benzene rings is 1. The van der Waals surface area contributed by atoms with E-state index in [0.717, 1.165) is 69.3 Å². The minimum Gasteiger partial charge on any atom is -0.343 e. The van der Waals surface area contributed by atoms with Crippen molar-refractivity contribution in [3.05, 3.63) is 34.9 Å². The zero-order chi connectivity index (χ0) is 17.9. The van der Waals surface area contributed by atoms with E-state index in [1.807, 2.05) is 11.0 Å². The van der Waals surface area contributed by atoms with Crippen LogP contribution in [0.5, 0.6) is 0 Å². The molecule has 27 heavy (non-hydrogen) atoms. The largest absolute Gasteiger partial charge is 0.343 e. The van der Waals surface area contributed by atoms with E-state index in [4.69, 9.17) is 0 Å². The zero-order valence-electron chi connectivity index (χ0n) is 16.0. The highest BCUT2D eigenvalue weighted by Gasteiger charge is 2.31. The molecule has 3 aliphatic rings. The first-order valence-electron chi connectivity index (χ1n) is 10.3. The van der Waals surface area contributed by atoms with Crippen LogP contribution in [-0.4, -0.2) is 42.8 Å². The van der Waals surface area contributed by atoms with Gasteiger partial charge in [0.15, 0.2) is 5.78 Å². The fourth-order valence-corrected chi connectivity index (χ4v) is 4.90. The van der Waals surface area contributed by atoms with Gasteiger partial charge in [-0.25, -0.2) is 0 Å². The van der Waals surface area contributed by atoms with Crippen molar-refractivity contribution in [2.24, 2.45) is 11.8 Å². The topological polar surface area (TPSA) is 49.4 Å².